The van der Waals surface area contributed by atoms with Gasteiger partial charge in [0.2, 0.25) is 5.91 Å². The summed E-state index contributed by atoms with van der Waals surface area (Å²) in [4.78, 5) is 12.2. The molecule has 0 aliphatic rings. The lowest BCUT2D eigenvalue weighted by Gasteiger charge is -2.24. The molecule has 0 saturated carbocycles. The first kappa shape index (κ1) is 18.5. The van der Waals surface area contributed by atoms with Gasteiger partial charge in [0.05, 0.1) is 17.7 Å². The molecule has 1 amide bonds. The van der Waals surface area contributed by atoms with Crippen molar-refractivity contribution < 1.29 is 17.9 Å². The Balaban J connectivity index is 2.38. The molecule has 0 aliphatic heterocycles. The summed E-state index contributed by atoms with van der Waals surface area (Å²) in [7, 11) is -2.40. The average Bonchev–Trinajstić information content (AvgIpc) is 2.65. The minimum absolute atomic E-state index is 0.0775. The molecule has 132 valence electrons. The second-order valence-electron chi connectivity index (χ2n) is 5.12. The van der Waals surface area contributed by atoms with Crippen LogP contribution in [0.4, 0.5) is 5.69 Å². The molecule has 0 spiro atoms. The number of rotatable bonds is 8. The van der Waals surface area contributed by atoms with E-state index in [1.54, 1.807) is 42.5 Å². The Labute approximate surface area is 147 Å². The van der Waals surface area contributed by atoms with Crippen LogP contribution in [0.2, 0.25) is 0 Å². The van der Waals surface area contributed by atoms with Gasteiger partial charge in [0.25, 0.3) is 10.0 Å². The summed E-state index contributed by atoms with van der Waals surface area (Å²) in [6, 6.07) is 14.5. The van der Waals surface area contributed by atoms with E-state index in [1.807, 2.05) is 0 Å². The van der Waals surface area contributed by atoms with Crippen molar-refractivity contribution in [3.8, 4) is 5.75 Å². The SMILES string of the molecule is C=CCNC(=O)CN(c1ccccc1)S(=O)(=O)c1ccc(OC)cc1. The van der Waals surface area contributed by atoms with Gasteiger partial charge in [-0.3, -0.25) is 9.10 Å². The van der Waals surface area contributed by atoms with Crippen molar-refractivity contribution in [3.05, 3.63) is 67.3 Å². The summed E-state index contributed by atoms with van der Waals surface area (Å²) >= 11 is 0. The van der Waals surface area contributed by atoms with Gasteiger partial charge in [-0.2, -0.15) is 0 Å². The zero-order valence-corrected chi connectivity index (χ0v) is 14.7. The Hall–Kier alpha value is -2.80. The van der Waals surface area contributed by atoms with E-state index in [0.29, 0.717) is 11.4 Å². The molecule has 0 fully saturated rings. The maximum atomic E-state index is 13.0. The van der Waals surface area contributed by atoms with E-state index in [2.05, 4.69) is 11.9 Å². The molecule has 0 aromatic heterocycles. The van der Waals surface area contributed by atoms with Crippen LogP contribution in [0.3, 0.4) is 0 Å². The lowest BCUT2D eigenvalue weighted by molar-refractivity contribution is -0.119. The lowest BCUT2D eigenvalue weighted by atomic mass is 10.3. The molecule has 0 aliphatic carbocycles. The highest BCUT2D eigenvalue weighted by molar-refractivity contribution is 7.92. The number of ether oxygens (including phenoxy) is 1. The second-order valence-corrected chi connectivity index (χ2v) is 6.98. The number of amides is 1. The summed E-state index contributed by atoms with van der Waals surface area (Å²) in [5, 5.41) is 2.59. The lowest BCUT2D eigenvalue weighted by Crippen LogP contribution is -2.40. The van der Waals surface area contributed by atoms with Gasteiger partial charge in [0, 0.05) is 6.54 Å². The number of methoxy groups -OCH3 is 1. The third-order valence-corrected chi connectivity index (χ3v) is 5.21. The highest BCUT2D eigenvalue weighted by Crippen LogP contribution is 2.24. The van der Waals surface area contributed by atoms with Crippen molar-refractivity contribution in [2.45, 2.75) is 4.90 Å². The van der Waals surface area contributed by atoms with Gasteiger partial charge in [-0.1, -0.05) is 24.3 Å². The Morgan fingerprint density at radius 2 is 1.80 bits per heavy atom. The highest BCUT2D eigenvalue weighted by atomic mass is 32.2. The number of nitrogens with one attached hydrogen (secondary N) is 1. The van der Waals surface area contributed by atoms with E-state index < -0.39 is 15.9 Å². The van der Waals surface area contributed by atoms with Crippen molar-refractivity contribution in [2.75, 3.05) is 24.5 Å². The third-order valence-electron chi connectivity index (χ3n) is 3.42. The van der Waals surface area contributed by atoms with Crippen LogP contribution in [0.1, 0.15) is 0 Å². The first-order valence-corrected chi connectivity index (χ1v) is 9.02. The fourth-order valence-electron chi connectivity index (χ4n) is 2.16. The largest absolute Gasteiger partial charge is 0.497 e. The van der Waals surface area contributed by atoms with Crippen LogP contribution >= 0.6 is 0 Å². The van der Waals surface area contributed by atoms with Gasteiger partial charge in [0.15, 0.2) is 0 Å². The maximum Gasteiger partial charge on any atom is 0.264 e. The van der Waals surface area contributed by atoms with Crippen LogP contribution in [0, 0.1) is 0 Å². The number of nitrogens with zero attached hydrogens (tertiary/aromatic N) is 1. The molecule has 2 aromatic carbocycles. The van der Waals surface area contributed by atoms with Gasteiger partial charge in [-0.05, 0) is 36.4 Å². The van der Waals surface area contributed by atoms with Crippen LogP contribution in [-0.2, 0) is 14.8 Å². The average molecular weight is 360 g/mol. The monoisotopic (exact) mass is 360 g/mol. The number of para-hydroxylation sites is 1. The molecule has 2 aromatic rings. The molecule has 2 rings (SSSR count). The van der Waals surface area contributed by atoms with Crippen LogP contribution in [0.25, 0.3) is 0 Å². The summed E-state index contributed by atoms with van der Waals surface area (Å²) in [6.45, 7) is 3.46. The van der Waals surface area contributed by atoms with Gasteiger partial charge in [-0.15, -0.1) is 6.58 Å². The Morgan fingerprint density at radius 1 is 1.16 bits per heavy atom. The zero-order chi connectivity index (χ0) is 18.3. The summed E-state index contributed by atoms with van der Waals surface area (Å²) in [5.74, 6) is 0.134. The number of benzene rings is 2. The molecule has 1 N–H and O–H groups in total. The number of carbonyl (C=O) groups excluding carboxylic acids is 1. The number of carbonyl (C=O) groups is 1. The van der Waals surface area contributed by atoms with Crippen molar-refractivity contribution >= 4 is 21.6 Å². The van der Waals surface area contributed by atoms with Crippen molar-refractivity contribution in [1.29, 1.82) is 0 Å². The predicted molar refractivity (Wildman–Crippen MR) is 97.2 cm³/mol. The molecule has 0 atom stereocenters. The number of sulfonamides is 1. The zero-order valence-electron chi connectivity index (χ0n) is 13.9. The van der Waals surface area contributed by atoms with E-state index in [1.165, 1.54) is 25.3 Å². The van der Waals surface area contributed by atoms with Gasteiger partial charge >= 0.3 is 0 Å². The molecule has 0 heterocycles. The number of hydrogen-bond acceptors (Lipinski definition) is 4. The van der Waals surface area contributed by atoms with Gasteiger partial charge in [0.1, 0.15) is 12.3 Å². The second kappa shape index (κ2) is 8.34. The summed E-state index contributed by atoms with van der Waals surface area (Å²) in [5.41, 5.74) is 0.409. The van der Waals surface area contributed by atoms with Gasteiger partial charge in [-0.25, -0.2) is 8.42 Å². The van der Waals surface area contributed by atoms with Crippen LogP contribution in [0.15, 0.2) is 72.1 Å². The molecule has 0 bridgehead atoms. The normalized spacial score (nSPS) is 10.8. The Bertz CT molecular complexity index is 818. The quantitative estimate of drug-likeness (QED) is 0.732. The molecular weight excluding hydrogens is 340 g/mol. The predicted octanol–water partition coefficient (Wildman–Crippen LogP) is 2.19. The van der Waals surface area contributed by atoms with E-state index in [4.69, 9.17) is 4.74 Å². The first-order valence-electron chi connectivity index (χ1n) is 7.58. The molecule has 0 unspecified atom stereocenters. The van der Waals surface area contributed by atoms with E-state index >= 15 is 0 Å². The highest BCUT2D eigenvalue weighted by Gasteiger charge is 2.27. The van der Waals surface area contributed by atoms with Crippen molar-refractivity contribution in [3.63, 3.8) is 0 Å². The molecule has 7 heteroatoms. The minimum atomic E-state index is -3.91. The summed E-state index contributed by atoms with van der Waals surface area (Å²) < 4.78 is 32.2. The number of anilines is 1. The van der Waals surface area contributed by atoms with Crippen molar-refractivity contribution in [2.24, 2.45) is 0 Å². The Kier molecular flexibility index (Phi) is 6.19. The molecule has 6 nitrogen and oxygen atoms in total. The smallest absolute Gasteiger partial charge is 0.264 e. The molecular formula is C18H20N2O4S. The Morgan fingerprint density at radius 3 is 2.36 bits per heavy atom. The van der Waals surface area contributed by atoms with Crippen molar-refractivity contribution in [1.82, 2.24) is 5.32 Å². The standard InChI is InChI=1S/C18H20N2O4S/c1-3-13-19-18(21)14-20(15-7-5-4-6-8-15)25(22,23)17-11-9-16(24-2)10-12-17/h3-12H,1,13-14H2,2H3,(H,19,21). The fraction of sp³-hybridized carbons (Fsp3) is 0.167. The fourth-order valence-corrected chi connectivity index (χ4v) is 3.58. The molecule has 0 radical (unpaired) electrons. The van der Waals surface area contributed by atoms with Gasteiger partial charge < -0.3 is 10.1 Å². The topological polar surface area (TPSA) is 75.7 Å². The first-order chi connectivity index (χ1) is 12.0. The third kappa shape index (κ3) is 4.60. The molecule has 25 heavy (non-hydrogen) atoms. The van der Waals surface area contributed by atoms with Crippen LogP contribution in [-0.4, -0.2) is 34.5 Å². The van der Waals surface area contributed by atoms with E-state index in [0.717, 1.165) is 4.31 Å². The van der Waals surface area contributed by atoms with Crippen LogP contribution < -0.4 is 14.4 Å². The van der Waals surface area contributed by atoms with E-state index in [9.17, 15) is 13.2 Å². The summed E-state index contributed by atoms with van der Waals surface area (Å²) in [6.07, 6.45) is 1.53. The number of hydrogen-bond donors (Lipinski definition) is 1. The van der Waals surface area contributed by atoms with E-state index in [-0.39, 0.29) is 18.0 Å². The minimum Gasteiger partial charge on any atom is -0.497 e. The molecule has 0 saturated heterocycles. The maximum absolute atomic E-state index is 13.0. The van der Waals surface area contributed by atoms with Crippen LogP contribution in [0.5, 0.6) is 5.75 Å².